The number of hydrogen-bond acceptors (Lipinski definition) is 4. The van der Waals surface area contributed by atoms with Gasteiger partial charge in [0.05, 0.1) is 11.6 Å². The second-order valence-corrected chi connectivity index (χ2v) is 4.47. The largest absolute Gasteiger partial charge is 0.573 e. The van der Waals surface area contributed by atoms with Gasteiger partial charge in [-0.25, -0.2) is 4.79 Å². The number of hydrogen-bond donors (Lipinski definition) is 1. The van der Waals surface area contributed by atoms with Crippen LogP contribution in [0.4, 0.5) is 22.0 Å². The van der Waals surface area contributed by atoms with Gasteiger partial charge in [-0.15, -0.1) is 25.6 Å². The normalized spacial score (nSPS) is 13.0. The van der Waals surface area contributed by atoms with Gasteiger partial charge in [0.25, 0.3) is 0 Å². The molecule has 0 heterocycles. The molecule has 11 heteroatoms. The predicted molar refractivity (Wildman–Crippen MR) is 73.9 cm³/mol. The maximum absolute atomic E-state index is 13.7. The van der Waals surface area contributed by atoms with E-state index in [1.165, 1.54) is 6.92 Å². The van der Waals surface area contributed by atoms with Gasteiger partial charge in [0, 0.05) is 0 Å². The lowest BCUT2D eigenvalue weighted by atomic mass is 10.0. The first-order valence-electron chi connectivity index (χ1n) is 5.84. The van der Waals surface area contributed by atoms with Gasteiger partial charge in [0.1, 0.15) is 11.8 Å². The summed E-state index contributed by atoms with van der Waals surface area (Å²) in [4.78, 5) is 11.2. The number of benzene rings is 1. The maximum atomic E-state index is 13.7. The molecule has 0 radical (unpaired) electrons. The lowest BCUT2D eigenvalue weighted by Gasteiger charge is -2.22. The van der Waals surface area contributed by atoms with Gasteiger partial charge >= 0.3 is 18.3 Å². The standard InChI is InChI=1S/C12H11ClF5NO3.ClH/c1-2-21-10(20)11(14,15)9(19)6-3-4-8(7(13)5-6)22-12(16,17)18;/h3-5,9H,2,19H2,1H3;1H/t9-;/m0./s1. The van der Waals surface area contributed by atoms with Crippen LogP contribution in [0.3, 0.4) is 0 Å². The lowest BCUT2D eigenvalue weighted by molar-refractivity contribution is -0.274. The molecule has 0 spiro atoms. The molecule has 23 heavy (non-hydrogen) atoms. The fraction of sp³-hybridized carbons (Fsp3) is 0.417. The lowest BCUT2D eigenvalue weighted by Crippen LogP contribution is -2.41. The third-order valence-corrected chi connectivity index (χ3v) is 2.77. The van der Waals surface area contributed by atoms with E-state index in [-0.39, 0.29) is 24.6 Å². The highest BCUT2D eigenvalue weighted by Gasteiger charge is 2.48. The first-order valence-corrected chi connectivity index (χ1v) is 6.22. The number of carbonyl (C=O) groups is 1. The van der Waals surface area contributed by atoms with Gasteiger partial charge in [-0.05, 0) is 24.6 Å². The number of halogens is 7. The molecule has 1 aromatic rings. The molecule has 0 fully saturated rings. The van der Waals surface area contributed by atoms with Crippen molar-refractivity contribution in [3.63, 3.8) is 0 Å². The van der Waals surface area contributed by atoms with Crippen LogP contribution in [-0.4, -0.2) is 24.9 Å². The van der Waals surface area contributed by atoms with E-state index in [1.54, 1.807) is 0 Å². The van der Waals surface area contributed by atoms with Crippen LogP contribution < -0.4 is 10.5 Å². The van der Waals surface area contributed by atoms with Crippen LogP contribution in [0, 0.1) is 0 Å². The topological polar surface area (TPSA) is 61.5 Å². The maximum Gasteiger partial charge on any atom is 0.573 e. The molecule has 0 aliphatic rings. The SMILES string of the molecule is CCOC(=O)C(F)(F)[C@@H](N)c1ccc(OC(F)(F)F)c(Cl)c1.Cl. The van der Waals surface area contributed by atoms with Crippen molar-refractivity contribution in [2.75, 3.05) is 6.61 Å². The number of nitrogens with two attached hydrogens (primary N) is 1. The number of alkyl halides is 5. The Labute approximate surface area is 139 Å². The summed E-state index contributed by atoms with van der Waals surface area (Å²) in [6, 6.07) is 0.209. The molecule has 2 N–H and O–H groups in total. The van der Waals surface area contributed by atoms with Crippen LogP contribution in [0.15, 0.2) is 18.2 Å². The molecule has 0 amide bonds. The van der Waals surface area contributed by atoms with Crippen molar-refractivity contribution < 1.29 is 36.2 Å². The molecule has 0 saturated heterocycles. The molecule has 0 aliphatic heterocycles. The summed E-state index contributed by atoms with van der Waals surface area (Å²) < 4.78 is 71.5. The number of esters is 1. The minimum Gasteiger partial charge on any atom is -0.462 e. The van der Waals surface area contributed by atoms with Gasteiger partial charge in [-0.1, -0.05) is 17.7 Å². The van der Waals surface area contributed by atoms with Gasteiger partial charge in [0.2, 0.25) is 0 Å². The smallest absolute Gasteiger partial charge is 0.462 e. The first-order chi connectivity index (χ1) is 9.99. The molecule has 0 bridgehead atoms. The minimum absolute atomic E-state index is 0. The van der Waals surface area contributed by atoms with Crippen molar-refractivity contribution in [2.24, 2.45) is 5.73 Å². The van der Waals surface area contributed by atoms with E-state index in [2.05, 4.69) is 9.47 Å². The highest BCUT2D eigenvalue weighted by molar-refractivity contribution is 6.32. The van der Waals surface area contributed by atoms with E-state index in [0.29, 0.717) is 0 Å². The molecule has 132 valence electrons. The van der Waals surface area contributed by atoms with Crippen molar-refractivity contribution in [3.8, 4) is 5.75 Å². The third kappa shape index (κ3) is 5.67. The fourth-order valence-electron chi connectivity index (χ4n) is 1.48. The first kappa shape index (κ1) is 21.7. The van der Waals surface area contributed by atoms with E-state index in [0.717, 1.165) is 18.2 Å². The summed E-state index contributed by atoms with van der Waals surface area (Å²) in [5.41, 5.74) is 4.93. The Bertz CT molecular complexity index is 554. The molecule has 1 aromatic carbocycles. The highest BCUT2D eigenvalue weighted by Crippen LogP contribution is 2.36. The second kappa shape index (κ2) is 7.98. The molecule has 1 rings (SSSR count). The Morgan fingerprint density at radius 2 is 1.87 bits per heavy atom. The number of rotatable bonds is 5. The second-order valence-electron chi connectivity index (χ2n) is 4.06. The molecule has 0 aromatic heterocycles. The van der Waals surface area contributed by atoms with E-state index in [1.807, 2.05) is 0 Å². The Balaban J connectivity index is 0.00000484. The zero-order chi connectivity index (χ0) is 17.1. The quantitative estimate of drug-likeness (QED) is 0.619. The monoisotopic (exact) mass is 383 g/mol. The Morgan fingerprint density at radius 1 is 1.30 bits per heavy atom. The van der Waals surface area contributed by atoms with Crippen molar-refractivity contribution in [2.45, 2.75) is 25.3 Å². The summed E-state index contributed by atoms with van der Waals surface area (Å²) in [6.07, 6.45) is -4.98. The molecular formula is C12H12Cl2F5NO3. The molecule has 0 unspecified atom stereocenters. The summed E-state index contributed by atoms with van der Waals surface area (Å²) in [5, 5.41) is -0.579. The van der Waals surface area contributed by atoms with Gasteiger partial charge < -0.3 is 15.2 Å². The van der Waals surface area contributed by atoms with Gasteiger partial charge in [-0.3, -0.25) is 0 Å². The van der Waals surface area contributed by atoms with E-state index >= 15 is 0 Å². The van der Waals surface area contributed by atoms with Crippen molar-refractivity contribution in [1.29, 1.82) is 0 Å². The average Bonchev–Trinajstić information content (AvgIpc) is 2.39. The van der Waals surface area contributed by atoms with Crippen molar-refractivity contribution >= 4 is 30.0 Å². The Kier molecular flexibility index (Phi) is 7.52. The number of carbonyl (C=O) groups excluding carboxylic acids is 1. The van der Waals surface area contributed by atoms with Crippen molar-refractivity contribution in [1.82, 2.24) is 0 Å². The zero-order valence-corrected chi connectivity index (χ0v) is 13.1. The minimum atomic E-state index is -4.98. The van der Waals surface area contributed by atoms with Crippen LogP contribution in [0.25, 0.3) is 0 Å². The zero-order valence-electron chi connectivity index (χ0n) is 11.5. The van der Waals surface area contributed by atoms with E-state index in [9.17, 15) is 26.7 Å². The number of ether oxygens (including phenoxy) is 2. The van der Waals surface area contributed by atoms with Crippen LogP contribution in [0.2, 0.25) is 5.02 Å². The predicted octanol–water partition coefficient (Wildman–Crippen LogP) is 3.86. The van der Waals surface area contributed by atoms with E-state index in [4.69, 9.17) is 17.3 Å². The molecule has 0 saturated carbocycles. The molecular weight excluding hydrogens is 372 g/mol. The molecule has 0 aliphatic carbocycles. The summed E-state index contributed by atoms with van der Waals surface area (Å²) in [6.45, 7) is 1.06. The average molecular weight is 384 g/mol. The van der Waals surface area contributed by atoms with Crippen LogP contribution in [0.5, 0.6) is 5.75 Å². The van der Waals surface area contributed by atoms with Crippen LogP contribution >= 0.6 is 24.0 Å². The van der Waals surface area contributed by atoms with Crippen LogP contribution in [-0.2, 0) is 9.53 Å². The molecule has 1 atom stereocenters. The van der Waals surface area contributed by atoms with Crippen LogP contribution in [0.1, 0.15) is 18.5 Å². The summed E-state index contributed by atoms with van der Waals surface area (Å²) >= 11 is 5.53. The Morgan fingerprint density at radius 3 is 2.30 bits per heavy atom. The highest BCUT2D eigenvalue weighted by atomic mass is 35.5. The van der Waals surface area contributed by atoms with Crippen molar-refractivity contribution in [3.05, 3.63) is 28.8 Å². The van der Waals surface area contributed by atoms with Gasteiger partial charge in [-0.2, -0.15) is 8.78 Å². The molecule has 4 nitrogen and oxygen atoms in total. The third-order valence-electron chi connectivity index (χ3n) is 2.48. The summed E-state index contributed by atoms with van der Waals surface area (Å²) in [7, 11) is 0. The fourth-order valence-corrected chi connectivity index (χ4v) is 1.71. The van der Waals surface area contributed by atoms with Gasteiger partial charge in [0.15, 0.2) is 0 Å². The van der Waals surface area contributed by atoms with E-state index < -0.39 is 35.1 Å². The Hall–Kier alpha value is -1.32. The summed E-state index contributed by atoms with van der Waals surface area (Å²) in [5.74, 6) is -6.68.